The number of aromatic nitrogens is 2. The van der Waals surface area contributed by atoms with Crippen molar-refractivity contribution in [3.8, 4) is 0 Å². The van der Waals surface area contributed by atoms with Gasteiger partial charge in [0.25, 0.3) is 0 Å². The van der Waals surface area contributed by atoms with E-state index in [1.165, 1.54) is 6.20 Å². The highest BCUT2D eigenvalue weighted by atomic mass is 79.9. The molecular formula is C18H15BrN2O2. The van der Waals surface area contributed by atoms with Gasteiger partial charge in [0.15, 0.2) is 0 Å². The van der Waals surface area contributed by atoms with E-state index in [2.05, 4.69) is 25.9 Å². The van der Waals surface area contributed by atoms with Crippen LogP contribution in [-0.4, -0.2) is 15.9 Å². The maximum absolute atomic E-state index is 12.0. The largest absolute Gasteiger partial charge is 0.456 e. The summed E-state index contributed by atoms with van der Waals surface area (Å²) < 4.78 is 6.30. The fraction of sp³-hybridized carbons (Fsp3) is 0.111. The normalized spacial score (nSPS) is 10.5. The molecule has 1 N–H and O–H groups in total. The number of H-pyrrole nitrogens is 1. The summed E-state index contributed by atoms with van der Waals surface area (Å²) in [6, 6.07) is 17.5. The Morgan fingerprint density at radius 3 is 2.61 bits per heavy atom. The molecule has 0 amide bonds. The summed E-state index contributed by atoms with van der Waals surface area (Å²) in [6.45, 7) is 0.248. The van der Waals surface area contributed by atoms with Crippen LogP contribution in [0, 0.1) is 0 Å². The number of aromatic amines is 1. The number of hydrogen-bond donors (Lipinski definition) is 1. The molecule has 0 fully saturated rings. The first-order valence-corrected chi connectivity index (χ1v) is 8.00. The summed E-state index contributed by atoms with van der Waals surface area (Å²) in [7, 11) is 0. The maximum atomic E-state index is 12.0. The second-order valence-corrected chi connectivity index (χ2v) is 5.93. The Morgan fingerprint density at radius 2 is 1.83 bits per heavy atom. The number of ether oxygens (including phenoxy) is 1. The van der Waals surface area contributed by atoms with Gasteiger partial charge in [-0.3, -0.25) is 0 Å². The van der Waals surface area contributed by atoms with Crippen LogP contribution < -0.4 is 0 Å². The molecule has 1 aromatic heterocycles. The minimum absolute atomic E-state index is 0.248. The molecule has 0 aliphatic rings. The van der Waals surface area contributed by atoms with E-state index in [1.54, 1.807) is 0 Å². The highest BCUT2D eigenvalue weighted by Crippen LogP contribution is 2.18. The highest BCUT2D eigenvalue weighted by molar-refractivity contribution is 9.10. The average molecular weight is 371 g/mol. The number of carbonyl (C=O) groups excluding carboxylic acids is 1. The number of carbonyl (C=O) groups is 1. The Morgan fingerprint density at radius 1 is 1.09 bits per heavy atom. The minimum atomic E-state index is -0.403. The van der Waals surface area contributed by atoms with Crippen LogP contribution in [0.3, 0.4) is 0 Å². The van der Waals surface area contributed by atoms with Crippen molar-refractivity contribution in [2.24, 2.45) is 0 Å². The lowest BCUT2D eigenvalue weighted by Gasteiger charge is -2.03. The van der Waals surface area contributed by atoms with E-state index >= 15 is 0 Å². The van der Waals surface area contributed by atoms with Crippen molar-refractivity contribution in [2.75, 3.05) is 0 Å². The smallest absolute Gasteiger partial charge is 0.356 e. The third kappa shape index (κ3) is 4.07. The predicted molar refractivity (Wildman–Crippen MR) is 91.1 cm³/mol. The van der Waals surface area contributed by atoms with Crippen LogP contribution >= 0.6 is 15.9 Å². The van der Waals surface area contributed by atoms with Crippen molar-refractivity contribution in [1.29, 1.82) is 0 Å². The first-order chi connectivity index (χ1) is 11.2. The van der Waals surface area contributed by atoms with Gasteiger partial charge in [-0.15, -0.1) is 0 Å². The summed E-state index contributed by atoms with van der Waals surface area (Å²) >= 11 is 3.51. The monoisotopic (exact) mass is 370 g/mol. The van der Waals surface area contributed by atoms with E-state index in [-0.39, 0.29) is 6.61 Å². The lowest BCUT2D eigenvalue weighted by atomic mass is 10.1. The Hall–Kier alpha value is -2.40. The molecule has 0 spiro atoms. The molecule has 0 radical (unpaired) electrons. The molecule has 0 saturated heterocycles. The van der Waals surface area contributed by atoms with Crippen LogP contribution in [-0.2, 0) is 17.8 Å². The van der Waals surface area contributed by atoms with Crippen LogP contribution in [0.5, 0.6) is 0 Å². The number of rotatable bonds is 5. The van der Waals surface area contributed by atoms with Gasteiger partial charge in [-0.25, -0.2) is 9.78 Å². The SMILES string of the molecule is O=C(OCc1ccccc1)c1cnc(Cc2ccccc2Br)[nH]1. The van der Waals surface area contributed by atoms with E-state index in [4.69, 9.17) is 4.74 Å². The van der Waals surface area contributed by atoms with Gasteiger partial charge in [0, 0.05) is 10.9 Å². The summed E-state index contributed by atoms with van der Waals surface area (Å²) in [5.74, 6) is 0.322. The molecule has 0 atom stereocenters. The zero-order valence-electron chi connectivity index (χ0n) is 12.3. The van der Waals surface area contributed by atoms with E-state index in [9.17, 15) is 4.79 Å². The lowest BCUT2D eigenvalue weighted by Crippen LogP contribution is -2.06. The van der Waals surface area contributed by atoms with Crippen molar-refractivity contribution in [3.05, 3.63) is 87.9 Å². The van der Waals surface area contributed by atoms with Crippen LogP contribution in [0.2, 0.25) is 0 Å². The number of hydrogen-bond acceptors (Lipinski definition) is 3. The van der Waals surface area contributed by atoms with Gasteiger partial charge in [0.05, 0.1) is 6.20 Å². The number of imidazole rings is 1. The van der Waals surface area contributed by atoms with Crippen molar-refractivity contribution in [1.82, 2.24) is 9.97 Å². The molecule has 3 aromatic rings. The topological polar surface area (TPSA) is 55.0 Å². The van der Waals surface area contributed by atoms with Gasteiger partial charge in [0.1, 0.15) is 18.1 Å². The zero-order chi connectivity index (χ0) is 16.1. The molecule has 2 aromatic carbocycles. The fourth-order valence-corrected chi connectivity index (χ4v) is 2.60. The van der Waals surface area contributed by atoms with Crippen molar-refractivity contribution >= 4 is 21.9 Å². The van der Waals surface area contributed by atoms with Gasteiger partial charge < -0.3 is 9.72 Å². The first-order valence-electron chi connectivity index (χ1n) is 7.21. The Balaban J connectivity index is 1.62. The standard InChI is InChI=1S/C18H15BrN2O2/c19-15-9-5-4-8-14(15)10-17-20-11-16(21-17)18(22)23-12-13-6-2-1-3-7-13/h1-9,11H,10,12H2,(H,20,21). The molecule has 116 valence electrons. The summed E-state index contributed by atoms with van der Waals surface area (Å²) in [4.78, 5) is 19.3. The lowest BCUT2D eigenvalue weighted by molar-refractivity contribution is 0.0466. The van der Waals surface area contributed by atoms with Crippen molar-refractivity contribution in [2.45, 2.75) is 13.0 Å². The molecule has 3 rings (SSSR count). The molecule has 5 heteroatoms. The third-order valence-corrected chi connectivity index (χ3v) is 4.15. The molecule has 23 heavy (non-hydrogen) atoms. The second kappa shape index (κ2) is 7.24. The average Bonchev–Trinajstić information content (AvgIpc) is 3.04. The fourth-order valence-electron chi connectivity index (χ4n) is 2.18. The van der Waals surface area contributed by atoms with Gasteiger partial charge in [-0.1, -0.05) is 64.5 Å². The number of nitrogens with one attached hydrogen (secondary N) is 1. The molecule has 0 saturated carbocycles. The summed E-state index contributed by atoms with van der Waals surface area (Å²) in [5, 5.41) is 0. The molecule has 0 unspecified atom stereocenters. The number of halogens is 1. The van der Waals surface area contributed by atoms with Crippen LogP contribution in [0.15, 0.2) is 65.3 Å². The first kappa shape index (κ1) is 15.5. The van der Waals surface area contributed by atoms with Crippen molar-refractivity contribution in [3.63, 3.8) is 0 Å². The van der Waals surface area contributed by atoms with Crippen LogP contribution in [0.1, 0.15) is 27.4 Å². The third-order valence-electron chi connectivity index (χ3n) is 3.38. The minimum Gasteiger partial charge on any atom is -0.456 e. The molecule has 4 nitrogen and oxygen atoms in total. The summed E-state index contributed by atoms with van der Waals surface area (Å²) in [6.07, 6.45) is 2.13. The highest BCUT2D eigenvalue weighted by Gasteiger charge is 2.12. The quantitative estimate of drug-likeness (QED) is 0.687. The molecule has 0 bridgehead atoms. The molecule has 1 heterocycles. The van der Waals surface area contributed by atoms with E-state index in [1.807, 2.05) is 54.6 Å². The second-order valence-electron chi connectivity index (χ2n) is 5.07. The Bertz CT molecular complexity index is 800. The number of esters is 1. The molecular weight excluding hydrogens is 356 g/mol. The zero-order valence-corrected chi connectivity index (χ0v) is 13.9. The maximum Gasteiger partial charge on any atom is 0.356 e. The Labute approximate surface area is 142 Å². The van der Waals surface area contributed by atoms with Gasteiger partial charge in [0.2, 0.25) is 0 Å². The van der Waals surface area contributed by atoms with Crippen molar-refractivity contribution < 1.29 is 9.53 Å². The molecule has 0 aliphatic carbocycles. The van der Waals surface area contributed by atoms with Gasteiger partial charge in [-0.2, -0.15) is 0 Å². The van der Waals surface area contributed by atoms with E-state index in [0.29, 0.717) is 12.1 Å². The van der Waals surface area contributed by atoms with Gasteiger partial charge >= 0.3 is 5.97 Å². The van der Waals surface area contributed by atoms with Crippen LogP contribution in [0.25, 0.3) is 0 Å². The Kier molecular flexibility index (Phi) is 4.88. The summed E-state index contributed by atoms with van der Waals surface area (Å²) in [5.41, 5.74) is 2.42. The van der Waals surface area contributed by atoms with Gasteiger partial charge in [-0.05, 0) is 17.2 Å². The number of benzene rings is 2. The number of nitrogens with zero attached hydrogens (tertiary/aromatic N) is 1. The predicted octanol–water partition coefficient (Wildman–Crippen LogP) is 4.12. The van der Waals surface area contributed by atoms with Crippen LogP contribution in [0.4, 0.5) is 0 Å². The molecule has 0 aliphatic heterocycles. The van der Waals surface area contributed by atoms with E-state index < -0.39 is 5.97 Å². The van der Waals surface area contributed by atoms with E-state index in [0.717, 1.165) is 21.4 Å².